The molecule has 82 valence electrons. The lowest BCUT2D eigenvalue weighted by atomic mass is 9.74. The maximum atomic E-state index is 11.8. The molecule has 0 saturated carbocycles. The van der Waals surface area contributed by atoms with Crippen molar-refractivity contribution in [3.05, 3.63) is 0 Å². The maximum Gasteiger partial charge on any atom is 0.225 e. The molecule has 3 nitrogen and oxygen atoms in total. The van der Waals surface area contributed by atoms with Gasteiger partial charge in [-0.25, -0.2) is 0 Å². The second-order valence-electron chi connectivity index (χ2n) is 4.62. The molecule has 0 spiro atoms. The maximum absolute atomic E-state index is 11.8. The summed E-state index contributed by atoms with van der Waals surface area (Å²) in [5, 5.41) is 6.27. The quantitative estimate of drug-likeness (QED) is 0.714. The third-order valence-electron chi connectivity index (χ3n) is 3.24. The normalized spacial score (nSPS) is 23.2. The smallest absolute Gasteiger partial charge is 0.225 e. The first kappa shape index (κ1) is 11.5. The molecule has 0 aromatic heterocycles. The average Bonchev–Trinajstić information content (AvgIpc) is 2.19. The predicted octanol–water partition coefficient (Wildman–Crippen LogP) is 1.15. The van der Waals surface area contributed by atoms with Gasteiger partial charge in [-0.2, -0.15) is 0 Å². The molecule has 1 rings (SSSR count). The van der Waals surface area contributed by atoms with Crippen LogP contribution in [0.1, 0.15) is 33.6 Å². The van der Waals surface area contributed by atoms with Crippen molar-refractivity contribution in [1.29, 1.82) is 0 Å². The molecule has 2 N–H and O–H groups in total. The minimum atomic E-state index is -0.233. The Labute approximate surface area is 86.6 Å². The molecule has 0 aromatic rings. The van der Waals surface area contributed by atoms with E-state index in [9.17, 15) is 4.79 Å². The molecule has 3 heteroatoms. The van der Waals surface area contributed by atoms with Crippen molar-refractivity contribution in [3.63, 3.8) is 0 Å². The van der Waals surface area contributed by atoms with Gasteiger partial charge in [0.2, 0.25) is 5.91 Å². The van der Waals surface area contributed by atoms with Crippen LogP contribution in [-0.4, -0.2) is 25.5 Å². The summed E-state index contributed by atoms with van der Waals surface area (Å²) in [7, 11) is 0. The summed E-state index contributed by atoms with van der Waals surface area (Å²) in [6.07, 6.45) is 2.35. The van der Waals surface area contributed by atoms with E-state index in [1.54, 1.807) is 0 Å². The Hall–Kier alpha value is -0.570. The average molecular weight is 198 g/mol. The molecular formula is C11H22N2O. The van der Waals surface area contributed by atoms with Gasteiger partial charge in [0.15, 0.2) is 0 Å². The third-order valence-corrected chi connectivity index (χ3v) is 3.24. The van der Waals surface area contributed by atoms with Crippen molar-refractivity contribution in [3.8, 4) is 0 Å². The van der Waals surface area contributed by atoms with Crippen molar-refractivity contribution in [2.24, 2.45) is 11.3 Å². The first-order chi connectivity index (χ1) is 6.59. The van der Waals surface area contributed by atoms with Crippen molar-refractivity contribution in [2.45, 2.75) is 33.6 Å². The van der Waals surface area contributed by atoms with Crippen LogP contribution in [0.3, 0.4) is 0 Å². The van der Waals surface area contributed by atoms with Crippen molar-refractivity contribution < 1.29 is 4.79 Å². The summed E-state index contributed by atoms with van der Waals surface area (Å²) >= 11 is 0. The number of amides is 1. The zero-order chi connectivity index (χ0) is 10.6. The van der Waals surface area contributed by atoms with Gasteiger partial charge < -0.3 is 10.6 Å². The Morgan fingerprint density at radius 1 is 1.57 bits per heavy atom. The number of rotatable bonds is 3. The summed E-state index contributed by atoms with van der Waals surface area (Å²) in [6.45, 7) is 8.87. The van der Waals surface area contributed by atoms with Gasteiger partial charge in [-0.05, 0) is 38.8 Å². The number of carbonyl (C=O) groups is 1. The Morgan fingerprint density at radius 2 is 2.29 bits per heavy atom. The van der Waals surface area contributed by atoms with Crippen molar-refractivity contribution in [1.82, 2.24) is 10.6 Å². The molecule has 1 aliphatic heterocycles. The van der Waals surface area contributed by atoms with Crippen molar-refractivity contribution in [2.75, 3.05) is 19.6 Å². The molecule has 0 aromatic carbocycles. The zero-order valence-corrected chi connectivity index (χ0v) is 9.52. The van der Waals surface area contributed by atoms with E-state index in [4.69, 9.17) is 0 Å². The van der Waals surface area contributed by atoms with Crippen LogP contribution in [0.25, 0.3) is 0 Å². The van der Waals surface area contributed by atoms with Crippen LogP contribution < -0.4 is 10.6 Å². The summed E-state index contributed by atoms with van der Waals surface area (Å²) in [5.41, 5.74) is -0.233. The van der Waals surface area contributed by atoms with E-state index in [-0.39, 0.29) is 11.3 Å². The van der Waals surface area contributed by atoms with Gasteiger partial charge in [0.25, 0.3) is 0 Å². The summed E-state index contributed by atoms with van der Waals surface area (Å²) in [4.78, 5) is 11.8. The van der Waals surface area contributed by atoms with Gasteiger partial charge in [0, 0.05) is 12.0 Å². The summed E-state index contributed by atoms with van der Waals surface area (Å²) in [5.74, 6) is 0.663. The number of hydrogen-bond donors (Lipinski definition) is 2. The van der Waals surface area contributed by atoms with Crippen LogP contribution in [0, 0.1) is 11.3 Å². The van der Waals surface area contributed by atoms with E-state index >= 15 is 0 Å². The number of carbonyl (C=O) groups excluding carboxylic acids is 1. The first-order valence-corrected chi connectivity index (χ1v) is 5.58. The molecule has 1 fully saturated rings. The van der Waals surface area contributed by atoms with E-state index in [0.717, 1.165) is 26.1 Å². The third kappa shape index (κ3) is 2.47. The summed E-state index contributed by atoms with van der Waals surface area (Å²) < 4.78 is 0. The molecule has 1 atom stereocenters. The van der Waals surface area contributed by atoms with Gasteiger partial charge >= 0.3 is 0 Å². The second kappa shape index (κ2) is 4.78. The number of nitrogens with one attached hydrogen (secondary N) is 2. The van der Waals surface area contributed by atoms with E-state index < -0.39 is 0 Å². The van der Waals surface area contributed by atoms with Gasteiger partial charge in [0.05, 0.1) is 0 Å². The molecule has 1 amide bonds. The Morgan fingerprint density at radius 3 is 2.79 bits per heavy atom. The fourth-order valence-corrected chi connectivity index (χ4v) is 2.04. The van der Waals surface area contributed by atoms with Crippen LogP contribution in [0.4, 0.5) is 0 Å². The fourth-order valence-electron chi connectivity index (χ4n) is 2.04. The lowest BCUT2D eigenvalue weighted by Gasteiger charge is -2.35. The monoisotopic (exact) mass is 198 g/mol. The minimum absolute atomic E-state index is 0.189. The number of piperidine rings is 1. The highest BCUT2D eigenvalue weighted by Crippen LogP contribution is 2.31. The second-order valence-corrected chi connectivity index (χ2v) is 4.62. The van der Waals surface area contributed by atoms with E-state index in [0.29, 0.717) is 5.92 Å². The molecule has 14 heavy (non-hydrogen) atoms. The zero-order valence-electron chi connectivity index (χ0n) is 9.52. The van der Waals surface area contributed by atoms with E-state index in [1.807, 2.05) is 6.92 Å². The molecular weight excluding hydrogens is 176 g/mol. The summed E-state index contributed by atoms with van der Waals surface area (Å²) in [6, 6.07) is 0. The Bertz CT molecular complexity index is 195. The van der Waals surface area contributed by atoms with Gasteiger partial charge in [-0.15, -0.1) is 0 Å². The molecule has 1 heterocycles. The van der Waals surface area contributed by atoms with Gasteiger partial charge in [-0.3, -0.25) is 4.79 Å². The Balaban J connectivity index is 2.57. The molecule has 0 radical (unpaired) electrons. The van der Waals surface area contributed by atoms with Crippen LogP contribution in [0.15, 0.2) is 0 Å². The van der Waals surface area contributed by atoms with Crippen molar-refractivity contribution >= 4 is 5.91 Å². The van der Waals surface area contributed by atoms with Gasteiger partial charge in [0.1, 0.15) is 0 Å². The fraction of sp³-hybridized carbons (Fsp3) is 0.909. The Kier molecular flexibility index (Phi) is 3.93. The van der Waals surface area contributed by atoms with Crippen LogP contribution in [0.2, 0.25) is 0 Å². The SMILES string of the molecule is CCNC(=O)C(C)(C)C1CCCNC1. The lowest BCUT2D eigenvalue weighted by molar-refractivity contribution is -0.132. The molecule has 1 aliphatic rings. The van der Waals surface area contributed by atoms with Crippen LogP contribution in [0.5, 0.6) is 0 Å². The van der Waals surface area contributed by atoms with Gasteiger partial charge in [-0.1, -0.05) is 13.8 Å². The highest BCUT2D eigenvalue weighted by molar-refractivity contribution is 5.82. The standard InChI is InChI=1S/C11H22N2O/c1-4-13-10(14)11(2,3)9-6-5-7-12-8-9/h9,12H,4-8H2,1-3H3,(H,13,14). The largest absolute Gasteiger partial charge is 0.356 e. The molecule has 0 aliphatic carbocycles. The highest BCUT2D eigenvalue weighted by atomic mass is 16.2. The predicted molar refractivity (Wildman–Crippen MR) is 58.1 cm³/mol. The topological polar surface area (TPSA) is 41.1 Å². The molecule has 1 saturated heterocycles. The number of hydrogen-bond acceptors (Lipinski definition) is 2. The molecule has 0 bridgehead atoms. The molecule has 1 unspecified atom stereocenters. The highest BCUT2D eigenvalue weighted by Gasteiger charge is 2.36. The van der Waals surface area contributed by atoms with E-state index in [1.165, 1.54) is 6.42 Å². The first-order valence-electron chi connectivity index (χ1n) is 5.58. The van der Waals surface area contributed by atoms with Crippen LogP contribution >= 0.6 is 0 Å². The minimum Gasteiger partial charge on any atom is -0.356 e. The van der Waals surface area contributed by atoms with Crippen LogP contribution in [-0.2, 0) is 4.79 Å². The van der Waals surface area contributed by atoms with E-state index in [2.05, 4.69) is 24.5 Å². The lowest BCUT2D eigenvalue weighted by Crippen LogP contribution is -2.47.